The monoisotopic (exact) mass is 229 g/mol. The predicted octanol–water partition coefficient (Wildman–Crippen LogP) is 1.62. The summed E-state index contributed by atoms with van der Waals surface area (Å²) in [5.41, 5.74) is 0. The maximum Gasteiger partial charge on any atom is 0.407 e. The summed E-state index contributed by atoms with van der Waals surface area (Å²) < 4.78 is 4.73. The summed E-state index contributed by atoms with van der Waals surface area (Å²) in [4.78, 5) is 22.1. The first-order valence-corrected chi connectivity index (χ1v) is 5.78. The van der Waals surface area contributed by atoms with E-state index in [0.29, 0.717) is 19.6 Å². The Morgan fingerprint density at radius 1 is 1.38 bits per heavy atom. The third kappa shape index (κ3) is 3.72. The van der Waals surface area contributed by atoms with E-state index in [-0.39, 0.29) is 11.8 Å². The van der Waals surface area contributed by atoms with Crippen LogP contribution < -0.4 is 5.32 Å². The zero-order chi connectivity index (χ0) is 12.0. The van der Waals surface area contributed by atoms with Gasteiger partial charge in [-0.2, -0.15) is 0 Å². The van der Waals surface area contributed by atoms with Gasteiger partial charge in [-0.1, -0.05) is 12.8 Å². The van der Waals surface area contributed by atoms with Gasteiger partial charge in [-0.25, -0.2) is 4.79 Å². The summed E-state index contributed by atoms with van der Waals surface area (Å²) in [5, 5.41) is 11.6. The Balaban J connectivity index is 2.38. The molecule has 0 aromatic heterocycles. The summed E-state index contributed by atoms with van der Waals surface area (Å²) in [7, 11) is 0. The second-order valence-electron chi connectivity index (χ2n) is 4.09. The summed E-state index contributed by atoms with van der Waals surface area (Å²) in [6.45, 7) is 2.47. The molecule has 2 atom stereocenters. The normalized spacial score (nSPS) is 24.8. The highest BCUT2D eigenvalue weighted by Crippen LogP contribution is 2.29. The van der Waals surface area contributed by atoms with Gasteiger partial charge in [0.2, 0.25) is 0 Å². The Kier molecular flexibility index (Phi) is 5.08. The van der Waals surface area contributed by atoms with E-state index >= 15 is 0 Å². The van der Waals surface area contributed by atoms with Crippen LogP contribution in [-0.4, -0.2) is 30.3 Å². The van der Waals surface area contributed by atoms with Crippen LogP contribution in [0.15, 0.2) is 0 Å². The van der Waals surface area contributed by atoms with Crippen LogP contribution in [0.4, 0.5) is 4.79 Å². The molecule has 1 rings (SSSR count). The molecule has 1 aliphatic rings. The standard InChI is InChI=1S/C11H19NO4/c1-2-16-11(15)12-7-8-5-3-4-6-9(8)10(13)14/h8-9H,2-7H2,1H3,(H,12,15)(H,13,14)/t8-,9-/m0/s1. The summed E-state index contributed by atoms with van der Waals surface area (Å²) in [5.74, 6) is -1.04. The SMILES string of the molecule is CCOC(=O)NC[C@@H]1CCCC[C@@H]1C(=O)O. The van der Waals surface area contributed by atoms with Crippen LogP contribution in [0.5, 0.6) is 0 Å². The Morgan fingerprint density at radius 3 is 2.69 bits per heavy atom. The summed E-state index contributed by atoms with van der Waals surface area (Å²) in [6.07, 6.45) is 3.12. The molecule has 1 fully saturated rings. The summed E-state index contributed by atoms with van der Waals surface area (Å²) in [6, 6.07) is 0. The smallest absolute Gasteiger partial charge is 0.407 e. The van der Waals surface area contributed by atoms with Gasteiger partial charge in [0.15, 0.2) is 0 Å². The fourth-order valence-corrected chi connectivity index (χ4v) is 2.17. The second kappa shape index (κ2) is 6.35. The number of hydrogen-bond donors (Lipinski definition) is 2. The van der Waals surface area contributed by atoms with Crippen molar-refractivity contribution in [3.8, 4) is 0 Å². The van der Waals surface area contributed by atoms with Gasteiger partial charge >= 0.3 is 12.1 Å². The molecule has 1 aliphatic carbocycles. The van der Waals surface area contributed by atoms with Crippen molar-refractivity contribution >= 4 is 12.1 Å². The van der Waals surface area contributed by atoms with Crippen molar-refractivity contribution in [3.63, 3.8) is 0 Å². The molecule has 0 aromatic rings. The third-order valence-electron chi connectivity index (χ3n) is 3.01. The first kappa shape index (κ1) is 12.8. The van der Waals surface area contributed by atoms with Crippen LogP contribution in [0.1, 0.15) is 32.6 Å². The molecule has 0 unspecified atom stereocenters. The number of aliphatic carboxylic acids is 1. The molecule has 0 bridgehead atoms. The lowest BCUT2D eigenvalue weighted by Gasteiger charge is -2.28. The molecule has 2 N–H and O–H groups in total. The van der Waals surface area contributed by atoms with Gasteiger partial charge in [0.05, 0.1) is 12.5 Å². The Morgan fingerprint density at radius 2 is 2.06 bits per heavy atom. The van der Waals surface area contributed by atoms with E-state index < -0.39 is 12.1 Å². The molecule has 0 radical (unpaired) electrons. The molecule has 0 aromatic carbocycles. The minimum absolute atomic E-state index is 0.0376. The minimum Gasteiger partial charge on any atom is -0.481 e. The average molecular weight is 229 g/mol. The van der Waals surface area contributed by atoms with E-state index in [9.17, 15) is 9.59 Å². The number of alkyl carbamates (subject to hydrolysis) is 1. The average Bonchev–Trinajstić information content (AvgIpc) is 2.27. The van der Waals surface area contributed by atoms with Crippen molar-refractivity contribution in [2.24, 2.45) is 11.8 Å². The fraction of sp³-hybridized carbons (Fsp3) is 0.818. The summed E-state index contributed by atoms with van der Waals surface area (Å²) >= 11 is 0. The maximum absolute atomic E-state index is 11.1. The van der Waals surface area contributed by atoms with Gasteiger partial charge < -0.3 is 15.2 Å². The zero-order valence-electron chi connectivity index (χ0n) is 9.57. The molecular formula is C11H19NO4. The molecule has 5 nitrogen and oxygen atoms in total. The van der Waals surface area contributed by atoms with Crippen molar-refractivity contribution in [3.05, 3.63) is 0 Å². The van der Waals surface area contributed by atoms with E-state index in [4.69, 9.17) is 9.84 Å². The Hall–Kier alpha value is -1.26. The van der Waals surface area contributed by atoms with Gasteiger partial charge in [0.1, 0.15) is 0 Å². The number of carboxylic acid groups (broad SMARTS) is 1. The van der Waals surface area contributed by atoms with Crippen LogP contribution in [0.2, 0.25) is 0 Å². The largest absolute Gasteiger partial charge is 0.481 e. The minimum atomic E-state index is -0.754. The van der Waals surface area contributed by atoms with E-state index in [1.165, 1.54) is 0 Å². The first-order valence-electron chi connectivity index (χ1n) is 5.78. The number of carbonyl (C=O) groups excluding carboxylic acids is 1. The van der Waals surface area contributed by atoms with Crippen molar-refractivity contribution < 1.29 is 19.4 Å². The van der Waals surface area contributed by atoms with Crippen LogP contribution >= 0.6 is 0 Å². The van der Waals surface area contributed by atoms with Gasteiger partial charge in [0, 0.05) is 6.54 Å². The lowest BCUT2D eigenvalue weighted by molar-refractivity contribution is -0.144. The van der Waals surface area contributed by atoms with Gasteiger partial charge in [0.25, 0.3) is 0 Å². The van der Waals surface area contributed by atoms with Crippen LogP contribution in [-0.2, 0) is 9.53 Å². The van der Waals surface area contributed by atoms with E-state index in [1.807, 2.05) is 0 Å². The van der Waals surface area contributed by atoms with E-state index in [1.54, 1.807) is 6.92 Å². The molecule has 0 spiro atoms. The number of rotatable bonds is 4. The zero-order valence-corrected chi connectivity index (χ0v) is 9.57. The Bertz CT molecular complexity index is 254. The molecule has 0 saturated heterocycles. The third-order valence-corrected chi connectivity index (χ3v) is 3.01. The maximum atomic E-state index is 11.1. The van der Waals surface area contributed by atoms with Gasteiger partial charge in [-0.3, -0.25) is 4.79 Å². The number of carboxylic acids is 1. The highest BCUT2D eigenvalue weighted by atomic mass is 16.5. The van der Waals surface area contributed by atoms with Crippen LogP contribution in [0.3, 0.4) is 0 Å². The molecule has 16 heavy (non-hydrogen) atoms. The lowest BCUT2D eigenvalue weighted by atomic mass is 9.79. The topological polar surface area (TPSA) is 75.6 Å². The van der Waals surface area contributed by atoms with Crippen LogP contribution in [0.25, 0.3) is 0 Å². The lowest BCUT2D eigenvalue weighted by Crippen LogP contribution is -2.37. The molecule has 5 heteroatoms. The van der Waals surface area contributed by atoms with Crippen LogP contribution in [0, 0.1) is 11.8 Å². The van der Waals surface area contributed by atoms with Gasteiger partial charge in [-0.15, -0.1) is 0 Å². The highest BCUT2D eigenvalue weighted by Gasteiger charge is 2.30. The molecular weight excluding hydrogens is 210 g/mol. The molecule has 0 heterocycles. The molecule has 1 saturated carbocycles. The van der Waals surface area contributed by atoms with E-state index in [2.05, 4.69) is 5.32 Å². The highest BCUT2D eigenvalue weighted by molar-refractivity contribution is 5.71. The number of hydrogen-bond acceptors (Lipinski definition) is 3. The number of nitrogens with one attached hydrogen (secondary N) is 1. The molecule has 1 amide bonds. The van der Waals surface area contributed by atoms with Gasteiger partial charge in [-0.05, 0) is 25.7 Å². The van der Waals surface area contributed by atoms with Crippen molar-refractivity contribution in [1.82, 2.24) is 5.32 Å². The van der Waals surface area contributed by atoms with Crippen molar-refractivity contribution in [2.75, 3.05) is 13.2 Å². The fourth-order valence-electron chi connectivity index (χ4n) is 2.17. The predicted molar refractivity (Wildman–Crippen MR) is 58.1 cm³/mol. The molecule has 0 aliphatic heterocycles. The Labute approximate surface area is 95.2 Å². The second-order valence-corrected chi connectivity index (χ2v) is 4.09. The van der Waals surface area contributed by atoms with Crippen molar-refractivity contribution in [2.45, 2.75) is 32.6 Å². The molecule has 92 valence electrons. The van der Waals surface area contributed by atoms with E-state index in [0.717, 1.165) is 19.3 Å². The number of amides is 1. The number of ether oxygens (including phenoxy) is 1. The van der Waals surface area contributed by atoms with Crippen molar-refractivity contribution in [1.29, 1.82) is 0 Å². The quantitative estimate of drug-likeness (QED) is 0.768. The first-order chi connectivity index (χ1) is 7.65. The number of carbonyl (C=O) groups is 2.